The van der Waals surface area contributed by atoms with E-state index in [9.17, 15) is 4.79 Å². The first-order chi connectivity index (χ1) is 7.68. The third-order valence-corrected chi connectivity index (χ3v) is 3.33. The summed E-state index contributed by atoms with van der Waals surface area (Å²) in [7, 11) is 1.80. The summed E-state index contributed by atoms with van der Waals surface area (Å²) in [6.07, 6.45) is 3.98. The molecule has 0 aliphatic carbocycles. The molecule has 0 unspecified atom stereocenters. The van der Waals surface area contributed by atoms with Crippen LogP contribution in [0.2, 0.25) is 0 Å². The van der Waals surface area contributed by atoms with Crippen molar-refractivity contribution in [3.05, 3.63) is 11.4 Å². The van der Waals surface area contributed by atoms with Crippen molar-refractivity contribution < 1.29 is 4.79 Å². The molecule has 5 nitrogen and oxygen atoms in total. The molecule has 3 rings (SSSR count). The smallest absolute Gasteiger partial charge is 0.274 e. The van der Waals surface area contributed by atoms with E-state index in [1.54, 1.807) is 11.7 Å². The SMILES string of the molecule is Cc1nn(C)c2c1N=C[C@@H]1CCCN1C2=O. The summed E-state index contributed by atoms with van der Waals surface area (Å²) in [6, 6.07) is 0.180. The van der Waals surface area contributed by atoms with E-state index in [1.807, 2.05) is 18.0 Å². The van der Waals surface area contributed by atoms with Crippen LogP contribution in [0.15, 0.2) is 4.99 Å². The predicted molar refractivity (Wildman–Crippen MR) is 60.2 cm³/mol. The molecule has 0 aromatic carbocycles. The number of aliphatic imine (C=N–C) groups is 1. The molecule has 84 valence electrons. The summed E-state index contributed by atoms with van der Waals surface area (Å²) >= 11 is 0. The van der Waals surface area contributed by atoms with Crippen molar-refractivity contribution in [3.8, 4) is 0 Å². The van der Waals surface area contributed by atoms with E-state index in [4.69, 9.17) is 0 Å². The number of aryl methyl sites for hydroxylation is 2. The normalized spacial score (nSPS) is 23.2. The van der Waals surface area contributed by atoms with Gasteiger partial charge in [-0.2, -0.15) is 5.10 Å². The Morgan fingerprint density at radius 2 is 2.31 bits per heavy atom. The van der Waals surface area contributed by atoms with Gasteiger partial charge in [0, 0.05) is 19.8 Å². The molecule has 0 saturated carbocycles. The zero-order chi connectivity index (χ0) is 11.3. The molecule has 0 bridgehead atoms. The second-order valence-corrected chi connectivity index (χ2v) is 4.39. The third kappa shape index (κ3) is 1.14. The Labute approximate surface area is 93.8 Å². The number of carbonyl (C=O) groups excluding carboxylic acids is 1. The molecule has 1 aromatic rings. The Bertz CT molecular complexity index is 488. The van der Waals surface area contributed by atoms with Gasteiger partial charge in [0.05, 0.1) is 11.7 Å². The van der Waals surface area contributed by atoms with E-state index in [0.717, 1.165) is 30.8 Å². The van der Waals surface area contributed by atoms with Gasteiger partial charge in [0.2, 0.25) is 0 Å². The minimum atomic E-state index is 0.0677. The fourth-order valence-corrected chi connectivity index (χ4v) is 2.54. The van der Waals surface area contributed by atoms with Gasteiger partial charge in [-0.25, -0.2) is 0 Å². The van der Waals surface area contributed by atoms with Crippen LogP contribution in [0.25, 0.3) is 0 Å². The summed E-state index contributed by atoms with van der Waals surface area (Å²) in [4.78, 5) is 18.7. The van der Waals surface area contributed by atoms with E-state index >= 15 is 0 Å². The van der Waals surface area contributed by atoms with Gasteiger partial charge in [-0.3, -0.25) is 14.5 Å². The van der Waals surface area contributed by atoms with Crippen LogP contribution in [-0.2, 0) is 7.05 Å². The van der Waals surface area contributed by atoms with Crippen molar-refractivity contribution >= 4 is 17.8 Å². The fourth-order valence-electron chi connectivity index (χ4n) is 2.54. The van der Waals surface area contributed by atoms with Crippen molar-refractivity contribution in [2.45, 2.75) is 25.8 Å². The van der Waals surface area contributed by atoms with Gasteiger partial charge in [0.25, 0.3) is 5.91 Å². The number of hydrogen-bond donors (Lipinski definition) is 0. The second-order valence-electron chi connectivity index (χ2n) is 4.39. The highest BCUT2D eigenvalue weighted by Gasteiger charge is 2.34. The molecule has 0 spiro atoms. The second kappa shape index (κ2) is 3.17. The highest BCUT2D eigenvalue weighted by atomic mass is 16.2. The number of fused-ring (bicyclic) bond motifs is 2. The van der Waals surface area contributed by atoms with Crippen molar-refractivity contribution in [3.63, 3.8) is 0 Å². The van der Waals surface area contributed by atoms with E-state index in [2.05, 4.69) is 10.1 Å². The van der Waals surface area contributed by atoms with Gasteiger partial charge in [-0.05, 0) is 19.8 Å². The van der Waals surface area contributed by atoms with Gasteiger partial charge < -0.3 is 4.90 Å². The summed E-state index contributed by atoms with van der Waals surface area (Å²) < 4.78 is 1.64. The maximum atomic E-state index is 12.3. The third-order valence-electron chi connectivity index (χ3n) is 3.33. The molecule has 5 heteroatoms. The zero-order valence-electron chi connectivity index (χ0n) is 9.47. The maximum Gasteiger partial charge on any atom is 0.274 e. The first-order valence-electron chi connectivity index (χ1n) is 5.57. The number of hydrogen-bond acceptors (Lipinski definition) is 3. The molecule has 1 aromatic heterocycles. The Balaban J connectivity index is 2.17. The number of nitrogens with zero attached hydrogens (tertiary/aromatic N) is 4. The van der Waals surface area contributed by atoms with Gasteiger partial charge in [0.1, 0.15) is 5.69 Å². The standard InChI is InChI=1S/C11H14N4O/c1-7-9-10(14(2)13-7)11(16)15-5-3-4-8(15)6-12-9/h6,8H,3-5H2,1-2H3/t8-/m0/s1. The van der Waals surface area contributed by atoms with Crippen LogP contribution in [-0.4, -0.2) is 39.4 Å². The Morgan fingerprint density at radius 1 is 1.50 bits per heavy atom. The van der Waals surface area contributed by atoms with Crippen LogP contribution < -0.4 is 0 Å². The summed E-state index contributed by atoms with van der Waals surface area (Å²) in [5, 5.41) is 4.25. The molecule has 2 aliphatic heterocycles. The van der Waals surface area contributed by atoms with Crippen LogP contribution in [0.5, 0.6) is 0 Å². The van der Waals surface area contributed by atoms with E-state index in [-0.39, 0.29) is 11.9 Å². The molecule has 16 heavy (non-hydrogen) atoms. The average Bonchev–Trinajstić information content (AvgIpc) is 2.76. The molecule has 2 aliphatic rings. The Hall–Kier alpha value is -1.65. The molecule has 1 atom stereocenters. The minimum absolute atomic E-state index is 0.0677. The summed E-state index contributed by atoms with van der Waals surface area (Å²) in [5.41, 5.74) is 2.18. The number of aromatic nitrogens is 2. The van der Waals surface area contributed by atoms with Crippen LogP contribution in [0.1, 0.15) is 29.0 Å². The van der Waals surface area contributed by atoms with Crippen LogP contribution in [0.4, 0.5) is 5.69 Å². The fraction of sp³-hybridized carbons (Fsp3) is 0.545. The predicted octanol–water partition coefficient (Wildman–Crippen LogP) is 1.05. The van der Waals surface area contributed by atoms with E-state index < -0.39 is 0 Å². The van der Waals surface area contributed by atoms with Crippen LogP contribution in [0, 0.1) is 6.92 Å². The van der Waals surface area contributed by atoms with Crippen molar-refractivity contribution in [2.24, 2.45) is 12.0 Å². The lowest BCUT2D eigenvalue weighted by molar-refractivity contribution is 0.0764. The van der Waals surface area contributed by atoms with Crippen molar-refractivity contribution in [1.29, 1.82) is 0 Å². The molecule has 1 saturated heterocycles. The molecule has 1 amide bonds. The number of carbonyl (C=O) groups is 1. The monoisotopic (exact) mass is 218 g/mol. The van der Waals surface area contributed by atoms with E-state index in [1.165, 1.54) is 0 Å². The van der Waals surface area contributed by atoms with Crippen LogP contribution in [0.3, 0.4) is 0 Å². The molecular formula is C11H14N4O. The topological polar surface area (TPSA) is 50.5 Å². The van der Waals surface area contributed by atoms with Gasteiger partial charge in [-0.15, -0.1) is 0 Å². The number of rotatable bonds is 0. The first-order valence-corrected chi connectivity index (χ1v) is 5.57. The lowest BCUT2D eigenvalue weighted by atomic mass is 10.2. The highest BCUT2D eigenvalue weighted by Crippen LogP contribution is 2.30. The quantitative estimate of drug-likeness (QED) is 0.653. The van der Waals surface area contributed by atoms with Gasteiger partial charge >= 0.3 is 0 Å². The van der Waals surface area contributed by atoms with Crippen molar-refractivity contribution in [2.75, 3.05) is 6.54 Å². The highest BCUT2D eigenvalue weighted by molar-refractivity contribution is 6.01. The van der Waals surface area contributed by atoms with Crippen molar-refractivity contribution in [1.82, 2.24) is 14.7 Å². The summed E-state index contributed by atoms with van der Waals surface area (Å²) in [6.45, 7) is 2.72. The molecule has 3 heterocycles. The molecule has 0 N–H and O–H groups in total. The Morgan fingerprint density at radius 3 is 3.12 bits per heavy atom. The molecule has 1 fully saturated rings. The van der Waals surface area contributed by atoms with E-state index in [0.29, 0.717) is 5.69 Å². The molecular weight excluding hydrogens is 204 g/mol. The minimum Gasteiger partial charge on any atom is -0.329 e. The average molecular weight is 218 g/mol. The largest absolute Gasteiger partial charge is 0.329 e. The zero-order valence-corrected chi connectivity index (χ0v) is 9.47. The Kier molecular flexibility index (Phi) is 1.89. The lowest BCUT2D eigenvalue weighted by Crippen LogP contribution is -2.36. The van der Waals surface area contributed by atoms with Gasteiger partial charge in [-0.1, -0.05) is 0 Å². The maximum absolute atomic E-state index is 12.3. The van der Waals surface area contributed by atoms with Crippen LogP contribution >= 0.6 is 0 Å². The molecule has 0 radical (unpaired) electrons. The van der Waals surface area contributed by atoms with Gasteiger partial charge in [0.15, 0.2) is 5.69 Å². The summed E-state index contributed by atoms with van der Waals surface area (Å²) in [5.74, 6) is 0.0677. The first kappa shape index (κ1) is 9.57. The lowest BCUT2D eigenvalue weighted by Gasteiger charge is -2.19. The number of amides is 1.